The van der Waals surface area contributed by atoms with Gasteiger partial charge in [-0.1, -0.05) is 53.2 Å². The second-order valence-electron chi connectivity index (χ2n) is 8.80. The van der Waals surface area contributed by atoms with Gasteiger partial charge in [-0.15, -0.1) is 21.5 Å². The maximum absolute atomic E-state index is 12.9. The summed E-state index contributed by atoms with van der Waals surface area (Å²) < 4.78 is 13.1. The van der Waals surface area contributed by atoms with E-state index in [1.165, 1.54) is 30.2 Å². The predicted octanol–water partition coefficient (Wildman–Crippen LogP) is 6.95. The van der Waals surface area contributed by atoms with Gasteiger partial charge in [0.25, 0.3) is 0 Å². The maximum Gasteiger partial charge on any atom is 0.341 e. The van der Waals surface area contributed by atoms with Crippen LogP contribution in [0.1, 0.15) is 47.3 Å². The highest BCUT2D eigenvalue weighted by molar-refractivity contribution is 7.99. The average Bonchev–Trinajstić information content (AvgIpc) is 3.53. The molecule has 0 radical (unpaired) electrons. The van der Waals surface area contributed by atoms with E-state index in [2.05, 4.69) is 15.5 Å². The molecule has 204 valence electrons. The third kappa shape index (κ3) is 6.63. The van der Waals surface area contributed by atoms with Crippen molar-refractivity contribution >= 4 is 51.6 Å². The Bertz CT molecular complexity index is 1480. The number of carbonyl (C=O) groups excluding carboxylic acids is 2. The molecule has 0 aliphatic rings. The van der Waals surface area contributed by atoms with E-state index in [1.807, 2.05) is 74.0 Å². The SMILES string of the molecule is CCn1c(SCC(=O)Nc2scc(-c3ccc(C)cc3)c2C(=O)OC)nnc1C(C)Oc1ccc(Cl)cc1C. The molecule has 0 aliphatic heterocycles. The molecule has 4 rings (SSSR count). The van der Waals surface area contributed by atoms with E-state index >= 15 is 0 Å². The predicted molar refractivity (Wildman–Crippen MR) is 156 cm³/mol. The summed E-state index contributed by atoms with van der Waals surface area (Å²) in [6.07, 6.45) is -0.366. The van der Waals surface area contributed by atoms with Gasteiger partial charge in [-0.05, 0) is 57.0 Å². The van der Waals surface area contributed by atoms with E-state index in [9.17, 15) is 9.59 Å². The van der Waals surface area contributed by atoms with Crippen LogP contribution in [0.5, 0.6) is 5.75 Å². The Balaban J connectivity index is 1.46. The Morgan fingerprint density at radius 2 is 1.90 bits per heavy atom. The normalized spacial score (nSPS) is 11.7. The van der Waals surface area contributed by atoms with Crippen LogP contribution >= 0.6 is 34.7 Å². The third-order valence-electron chi connectivity index (χ3n) is 5.99. The number of ether oxygens (including phenoxy) is 2. The quantitative estimate of drug-likeness (QED) is 0.159. The summed E-state index contributed by atoms with van der Waals surface area (Å²) >= 11 is 8.61. The molecule has 2 aromatic carbocycles. The lowest BCUT2D eigenvalue weighted by Gasteiger charge is -2.17. The first-order valence-electron chi connectivity index (χ1n) is 12.3. The first kappa shape index (κ1) is 28.7. The molecule has 1 N–H and O–H groups in total. The molecule has 1 atom stereocenters. The number of rotatable bonds is 10. The van der Waals surface area contributed by atoms with Crippen molar-refractivity contribution in [2.45, 2.75) is 45.5 Å². The molecule has 0 saturated heterocycles. The second kappa shape index (κ2) is 12.7. The highest BCUT2D eigenvalue weighted by Gasteiger charge is 2.24. The molecule has 0 saturated carbocycles. The number of carbonyl (C=O) groups is 2. The number of thioether (sulfide) groups is 1. The highest BCUT2D eigenvalue weighted by atomic mass is 35.5. The first-order valence-corrected chi connectivity index (χ1v) is 14.5. The summed E-state index contributed by atoms with van der Waals surface area (Å²) in [5, 5.41) is 15.1. The van der Waals surface area contributed by atoms with Crippen LogP contribution < -0.4 is 10.1 Å². The van der Waals surface area contributed by atoms with Gasteiger partial charge in [0.05, 0.1) is 12.9 Å². The minimum atomic E-state index is -0.505. The summed E-state index contributed by atoms with van der Waals surface area (Å²) in [6, 6.07) is 13.3. The number of aromatic nitrogens is 3. The number of benzene rings is 2. The molecule has 4 aromatic rings. The number of aryl methyl sites for hydroxylation is 2. The summed E-state index contributed by atoms with van der Waals surface area (Å²) in [5.74, 6) is 0.685. The Labute approximate surface area is 240 Å². The van der Waals surface area contributed by atoms with Gasteiger partial charge in [0.15, 0.2) is 17.1 Å². The van der Waals surface area contributed by atoms with Crippen LogP contribution in [0.15, 0.2) is 53.0 Å². The van der Waals surface area contributed by atoms with Crippen LogP contribution in [0.4, 0.5) is 5.00 Å². The maximum atomic E-state index is 12.9. The van der Waals surface area contributed by atoms with Gasteiger partial charge in [-0.3, -0.25) is 4.79 Å². The number of esters is 1. The van der Waals surface area contributed by atoms with Gasteiger partial charge in [0, 0.05) is 22.5 Å². The molecule has 0 aliphatic carbocycles. The third-order valence-corrected chi connectivity index (χ3v) is 8.09. The van der Waals surface area contributed by atoms with Crippen LogP contribution in [0.2, 0.25) is 5.02 Å². The molecular formula is C28H29ClN4O4S2. The molecular weight excluding hydrogens is 556 g/mol. The van der Waals surface area contributed by atoms with Crippen LogP contribution in [-0.2, 0) is 16.1 Å². The van der Waals surface area contributed by atoms with E-state index in [0.717, 1.165) is 22.3 Å². The fourth-order valence-electron chi connectivity index (χ4n) is 3.99. The smallest absolute Gasteiger partial charge is 0.341 e. The first-order chi connectivity index (χ1) is 18.7. The van der Waals surface area contributed by atoms with Gasteiger partial charge in [-0.2, -0.15) is 0 Å². The van der Waals surface area contributed by atoms with E-state index < -0.39 is 5.97 Å². The van der Waals surface area contributed by atoms with Crippen molar-refractivity contribution in [1.29, 1.82) is 0 Å². The molecule has 2 heterocycles. The fraction of sp³-hybridized carbons (Fsp3) is 0.286. The minimum Gasteiger partial charge on any atom is -0.482 e. The van der Waals surface area contributed by atoms with Gasteiger partial charge in [0.1, 0.15) is 16.3 Å². The molecule has 1 unspecified atom stereocenters. The standard InChI is InChI=1S/C28H29ClN4O4S2/c1-6-33-25(18(4)37-22-12-11-20(29)13-17(22)3)31-32-28(33)39-15-23(34)30-26-24(27(35)36-5)21(14-38-26)19-9-7-16(2)8-10-19/h7-14,18H,6,15H2,1-5H3,(H,30,34). The highest BCUT2D eigenvalue weighted by Crippen LogP contribution is 2.36. The molecule has 39 heavy (non-hydrogen) atoms. The molecule has 2 aromatic heterocycles. The number of thiophene rings is 1. The van der Waals surface area contributed by atoms with Crippen molar-refractivity contribution < 1.29 is 19.1 Å². The van der Waals surface area contributed by atoms with Gasteiger partial charge < -0.3 is 19.4 Å². The summed E-state index contributed by atoms with van der Waals surface area (Å²) in [5.41, 5.74) is 3.97. The van der Waals surface area contributed by atoms with Crippen molar-refractivity contribution in [3.8, 4) is 16.9 Å². The monoisotopic (exact) mass is 584 g/mol. The van der Waals surface area contributed by atoms with Crippen molar-refractivity contribution in [2.24, 2.45) is 0 Å². The van der Waals surface area contributed by atoms with E-state index in [-0.39, 0.29) is 17.8 Å². The van der Waals surface area contributed by atoms with Crippen molar-refractivity contribution in [1.82, 2.24) is 14.8 Å². The van der Waals surface area contributed by atoms with Crippen LogP contribution in [0.25, 0.3) is 11.1 Å². The van der Waals surface area contributed by atoms with E-state index in [0.29, 0.717) is 38.9 Å². The van der Waals surface area contributed by atoms with Crippen LogP contribution in [0, 0.1) is 13.8 Å². The number of nitrogens with zero attached hydrogens (tertiary/aromatic N) is 3. The van der Waals surface area contributed by atoms with Gasteiger partial charge in [0.2, 0.25) is 5.91 Å². The Kier molecular flexibility index (Phi) is 9.32. The number of amides is 1. The van der Waals surface area contributed by atoms with Crippen LogP contribution in [0.3, 0.4) is 0 Å². The molecule has 0 spiro atoms. The Morgan fingerprint density at radius 3 is 2.56 bits per heavy atom. The summed E-state index contributed by atoms with van der Waals surface area (Å²) in [4.78, 5) is 25.5. The molecule has 8 nitrogen and oxygen atoms in total. The Hall–Kier alpha value is -3.34. The molecule has 1 amide bonds. The van der Waals surface area contributed by atoms with E-state index in [1.54, 1.807) is 6.07 Å². The Morgan fingerprint density at radius 1 is 1.15 bits per heavy atom. The van der Waals surface area contributed by atoms with Gasteiger partial charge >= 0.3 is 5.97 Å². The van der Waals surface area contributed by atoms with Gasteiger partial charge in [-0.25, -0.2) is 4.79 Å². The lowest BCUT2D eigenvalue weighted by molar-refractivity contribution is -0.113. The number of anilines is 1. The van der Waals surface area contributed by atoms with Crippen molar-refractivity contribution in [3.05, 3.63) is 75.4 Å². The zero-order chi connectivity index (χ0) is 28.1. The summed E-state index contributed by atoms with van der Waals surface area (Å²) in [7, 11) is 1.33. The topological polar surface area (TPSA) is 95.3 Å². The largest absolute Gasteiger partial charge is 0.482 e. The molecule has 11 heteroatoms. The fourth-order valence-corrected chi connectivity index (χ4v) is 6.00. The van der Waals surface area contributed by atoms with Crippen molar-refractivity contribution in [3.63, 3.8) is 0 Å². The number of hydrogen-bond donors (Lipinski definition) is 1. The van der Waals surface area contributed by atoms with E-state index in [4.69, 9.17) is 21.1 Å². The lowest BCUT2D eigenvalue weighted by Crippen LogP contribution is -2.17. The summed E-state index contributed by atoms with van der Waals surface area (Å²) in [6.45, 7) is 8.43. The molecule has 0 fully saturated rings. The second-order valence-corrected chi connectivity index (χ2v) is 11.1. The number of halogens is 1. The number of hydrogen-bond acceptors (Lipinski definition) is 8. The molecule has 0 bridgehead atoms. The average molecular weight is 585 g/mol. The lowest BCUT2D eigenvalue weighted by atomic mass is 10.0. The zero-order valence-electron chi connectivity index (χ0n) is 22.3. The van der Waals surface area contributed by atoms with Crippen molar-refractivity contribution in [2.75, 3.05) is 18.2 Å². The zero-order valence-corrected chi connectivity index (χ0v) is 24.7. The minimum absolute atomic E-state index is 0.0854. The van der Waals surface area contributed by atoms with Crippen LogP contribution in [-0.4, -0.2) is 39.5 Å². The number of methoxy groups -OCH3 is 1. The number of nitrogens with one attached hydrogen (secondary N) is 1.